The van der Waals surface area contributed by atoms with Crippen LogP contribution in [-0.2, 0) is 4.74 Å². The van der Waals surface area contributed by atoms with E-state index in [0.29, 0.717) is 34.9 Å². The van der Waals surface area contributed by atoms with Crippen molar-refractivity contribution in [2.45, 2.75) is 31.9 Å². The highest BCUT2D eigenvalue weighted by atomic mass is 32.1. The number of benzene rings is 2. The average Bonchev–Trinajstić information content (AvgIpc) is 3.63. The molecule has 3 aliphatic rings. The Kier molecular flexibility index (Phi) is 5.62. The van der Waals surface area contributed by atoms with Crippen LogP contribution in [-0.4, -0.2) is 46.2 Å². The Morgan fingerprint density at radius 1 is 1.14 bits per heavy atom. The minimum Gasteiger partial charge on any atom is -0.454 e. The summed E-state index contributed by atoms with van der Waals surface area (Å²) in [6, 6.07) is 11.4. The lowest BCUT2D eigenvalue weighted by Crippen LogP contribution is -2.48. The van der Waals surface area contributed by atoms with E-state index in [1.807, 2.05) is 30.0 Å². The van der Waals surface area contributed by atoms with Crippen LogP contribution in [0.3, 0.4) is 0 Å². The zero-order chi connectivity index (χ0) is 23.9. The summed E-state index contributed by atoms with van der Waals surface area (Å²) >= 11 is 5.73. The Labute approximate surface area is 206 Å². The molecule has 2 unspecified atom stereocenters. The highest BCUT2D eigenvalue weighted by Gasteiger charge is 2.35. The molecule has 1 fully saturated rings. The van der Waals surface area contributed by atoms with Crippen LogP contribution in [0.5, 0.6) is 11.5 Å². The number of rotatable bonds is 5. The first-order valence-electron chi connectivity index (χ1n) is 11.5. The number of halogens is 1. The van der Waals surface area contributed by atoms with Gasteiger partial charge < -0.3 is 29.0 Å². The van der Waals surface area contributed by atoms with E-state index in [9.17, 15) is 4.39 Å². The number of thiocarbonyl (C=S) groups is 1. The van der Waals surface area contributed by atoms with Gasteiger partial charge in [0.1, 0.15) is 5.82 Å². The predicted molar refractivity (Wildman–Crippen MR) is 129 cm³/mol. The molecular formula is C25H23FN4O4S. The smallest absolute Gasteiger partial charge is 0.258 e. The van der Waals surface area contributed by atoms with Gasteiger partial charge in [-0.25, -0.2) is 4.39 Å². The molecule has 0 radical (unpaired) electrons. The zero-order valence-corrected chi connectivity index (χ0v) is 19.8. The predicted octanol–water partition coefficient (Wildman–Crippen LogP) is 4.45. The molecule has 6 rings (SSSR count). The Balaban J connectivity index is 1.40. The molecule has 3 aliphatic heterocycles. The zero-order valence-electron chi connectivity index (χ0n) is 19.0. The van der Waals surface area contributed by atoms with E-state index in [-0.39, 0.29) is 24.8 Å². The van der Waals surface area contributed by atoms with Crippen LogP contribution in [0.25, 0.3) is 17.0 Å². The van der Waals surface area contributed by atoms with Crippen LogP contribution in [0.15, 0.2) is 52.7 Å². The molecule has 1 aromatic heterocycles. The van der Waals surface area contributed by atoms with Crippen molar-refractivity contribution in [3.63, 3.8) is 0 Å². The lowest BCUT2D eigenvalue weighted by atomic mass is 9.94. The minimum absolute atomic E-state index is 0.0974. The summed E-state index contributed by atoms with van der Waals surface area (Å²) in [6.45, 7) is 3.56. The molecule has 0 bridgehead atoms. The van der Waals surface area contributed by atoms with Gasteiger partial charge in [-0.3, -0.25) is 0 Å². The van der Waals surface area contributed by atoms with Gasteiger partial charge in [0.05, 0.1) is 24.3 Å². The third-order valence-corrected chi connectivity index (χ3v) is 6.84. The second-order valence-electron chi connectivity index (χ2n) is 8.67. The van der Waals surface area contributed by atoms with E-state index in [0.717, 1.165) is 41.8 Å². The highest BCUT2D eigenvalue weighted by Crippen LogP contribution is 2.39. The first-order valence-corrected chi connectivity index (χ1v) is 11.9. The van der Waals surface area contributed by atoms with Crippen molar-refractivity contribution in [3.05, 3.63) is 65.4 Å². The number of hydrogen-bond acceptors (Lipinski definition) is 7. The molecule has 0 amide bonds. The first-order chi connectivity index (χ1) is 17.1. The molecule has 8 nitrogen and oxygen atoms in total. The van der Waals surface area contributed by atoms with Crippen LogP contribution >= 0.6 is 12.2 Å². The number of nitrogens with one attached hydrogen (secondary N) is 1. The van der Waals surface area contributed by atoms with Gasteiger partial charge in [-0.2, -0.15) is 4.98 Å². The summed E-state index contributed by atoms with van der Waals surface area (Å²) < 4.78 is 36.2. The van der Waals surface area contributed by atoms with Crippen LogP contribution in [0, 0.1) is 5.82 Å². The number of fused-ring (bicyclic) bond motifs is 1. The van der Waals surface area contributed by atoms with Crippen LogP contribution in [0.1, 0.15) is 37.3 Å². The van der Waals surface area contributed by atoms with E-state index in [1.165, 1.54) is 12.1 Å². The normalized spacial score (nSPS) is 21.5. The van der Waals surface area contributed by atoms with Crippen molar-refractivity contribution in [2.75, 3.05) is 19.9 Å². The van der Waals surface area contributed by atoms with Crippen molar-refractivity contribution in [1.82, 2.24) is 20.4 Å². The second-order valence-corrected chi connectivity index (χ2v) is 9.06. The largest absolute Gasteiger partial charge is 0.454 e. The fraction of sp³-hybridized carbons (Fsp3) is 0.320. The molecule has 10 heteroatoms. The first kappa shape index (κ1) is 22.0. The number of allylic oxidation sites excluding steroid dienone is 1. The standard InChI is InChI=1S/C25H23FN4O4S/c1-14-21(24-28-23(29-34-24)16-6-9-19-20(11-16)33-13-32-19)22(15-4-7-17(26)8-5-15)27-25(35)30(14)12-18-3-2-10-31-18/h4-9,11,18,22H,2-3,10,12-13H2,1H3,(H,27,35). The third kappa shape index (κ3) is 4.12. The van der Waals surface area contributed by atoms with Crippen molar-refractivity contribution in [3.8, 4) is 22.9 Å². The quantitative estimate of drug-likeness (QED) is 0.518. The monoisotopic (exact) mass is 494 g/mol. The summed E-state index contributed by atoms with van der Waals surface area (Å²) in [5, 5.41) is 8.20. The second kappa shape index (κ2) is 8.94. The Morgan fingerprint density at radius 2 is 1.97 bits per heavy atom. The maximum atomic E-state index is 13.7. The number of aromatic nitrogens is 2. The van der Waals surface area contributed by atoms with Crippen LogP contribution in [0.2, 0.25) is 0 Å². The highest BCUT2D eigenvalue weighted by molar-refractivity contribution is 7.80. The molecule has 4 heterocycles. The SMILES string of the molecule is CC1=C(c2nc(-c3ccc4c(c3)OCO4)no2)C(c2ccc(F)cc2)NC(=S)N1CC1CCCO1. The van der Waals surface area contributed by atoms with Gasteiger partial charge >= 0.3 is 0 Å². The van der Waals surface area contributed by atoms with Crippen molar-refractivity contribution in [1.29, 1.82) is 0 Å². The molecule has 1 N–H and O–H groups in total. The molecule has 3 aromatic rings. The minimum atomic E-state index is -0.381. The summed E-state index contributed by atoms with van der Waals surface area (Å²) in [7, 11) is 0. The fourth-order valence-electron chi connectivity index (χ4n) is 4.66. The molecular weight excluding hydrogens is 471 g/mol. The molecule has 0 saturated carbocycles. The topological polar surface area (TPSA) is 81.9 Å². The molecule has 1 saturated heterocycles. The maximum Gasteiger partial charge on any atom is 0.258 e. The van der Waals surface area contributed by atoms with Gasteiger partial charge in [0.25, 0.3) is 5.89 Å². The van der Waals surface area contributed by atoms with E-state index in [2.05, 4.69) is 10.5 Å². The van der Waals surface area contributed by atoms with Crippen molar-refractivity contribution < 1.29 is 23.1 Å². The van der Waals surface area contributed by atoms with Crippen molar-refractivity contribution in [2.24, 2.45) is 0 Å². The molecule has 180 valence electrons. The molecule has 35 heavy (non-hydrogen) atoms. The van der Waals surface area contributed by atoms with E-state index < -0.39 is 0 Å². The van der Waals surface area contributed by atoms with Crippen LogP contribution in [0.4, 0.5) is 4.39 Å². The number of hydrogen-bond donors (Lipinski definition) is 1. The van der Waals surface area contributed by atoms with Crippen molar-refractivity contribution >= 4 is 22.9 Å². The average molecular weight is 495 g/mol. The Hall–Kier alpha value is -3.50. The van der Waals surface area contributed by atoms with Gasteiger partial charge in [-0.15, -0.1) is 0 Å². The third-order valence-electron chi connectivity index (χ3n) is 6.50. The van der Waals surface area contributed by atoms with Gasteiger partial charge in [-0.05, 0) is 67.9 Å². The summed E-state index contributed by atoms with van der Waals surface area (Å²) in [6.07, 6.45) is 2.12. The fourth-order valence-corrected chi connectivity index (χ4v) is 4.99. The van der Waals surface area contributed by atoms with Crippen LogP contribution < -0.4 is 14.8 Å². The lowest BCUT2D eigenvalue weighted by molar-refractivity contribution is 0.0962. The molecule has 2 atom stereocenters. The Morgan fingerprint density at radius 3 is 2.77 bits per heavy atom. The number of nitrogens with zero attached hydrogens (tertiary/aromatic N) is 3. The van der Waals surface area contributed by atoms with Gasteiger partial charge in [-0.1, -0.05) is 17.3 Å². The lowest BCUT2D eigenvalue weighted by Gasteiger charge is -2.38. The van der Waals surface area contributed by atoms with Gasteiger partial charge in [0.15, 0.2) is 16.6 Å². The molecule has 2 aromatic carbocycles. The van der Waals surface area contributed by atoms with E-state index in [4.69, 9.17) is 35.9 Å². The Bertz CT molecular complexity index is 1300. The van der Waals surface area contributed by atoms with Gasteiger partial charge in [0.2, 0.25) is 12.6 Å². The summed E-state index contributed by atoms with van der Waals surface area (Å²) in [5.74, 6) is 1.80. The molecule has 0 aliphatic carbocycles. The summed E-state index contributed by atoms with van der Waals surface area (Å²) in [4.78, 5) is 6.74. The van der Waals surface area contributed by atoms with E-state index >= 15 is 0 Å². The number of ether oxygens (including phenoxy) is 3. The summed E-state index contributed by atoms with van der Waals surface area (Å²) in [5.41, 5.74) is 3.25. The molecule has 0 spiro atoms. The van der Waals surface area contributed by atoms with Gasteiger partial charge in [0, 0.05) is 17.9 Å². The van der Waals surface area contributed by atoms with E-state index in [1.54, 1.807) is 12.1 Å². The maximum absolute atomic E-state index is 13.7.